The minimum absolute atomic E-state index is 0.367. The van der Waals surface area contributed by atoms with Crippen LogP contribution < -0.4 is 0 Å². The second-order valence-electron chi connectivity index (χ2n) is 10.7. The zero-order chi connectivity index (χ0) is 24.5. The molecular formula is C35H30S. The van der Waals surface area contributed by atoms with Crippen LogP contribution in [0, 0.1) is 6.92 Å². The van der Waals surface area contributed by atoms with Gasteiger partial charge in [0, 0.05) is 10.5 Å². The molecule has 3 aromatic rings. The Balaban J connectivity index is 1.61. The molecule has 1 heterocycles. The van der Waals surface area contributed by atoms with E-state index in [1.54, 1.807) is 4.91 Å². The standard InChI is InChI=1S/C35H30S/c1-24-12-11-15-27(20-24)35(26-13-5-4-6-14-26)32-18-9-7-17-30(32)31-22-25-21-28(23-33(31)35)36(2,3)34-19-10-8-16-29(25)34/h4-9,11-18,20,22-23H,10,19H2,1-3H3. The lowest BCUT2D eigenvalue weighted by atomic mass is 9.67. The van der Waals surface area contributed by atoms with E-state index in [0.717, 1.165) is 12.8 Å². The van der Waals surface area contributed by atoms with Crippen molar-refractivity contribution in [1.82, 2.24) is 0 Å². The Bertz CT molecular complexity index is 1630. The predicted molar refractivity (Wildman–Crippen MR) is 155 cm³/mol. The van der Waals surface area contributed by atoms with E-state index in [-0.39, 0.29) is 5.41 Å². The van der Waals surface area contributed by atoms with Crippen LogP contribution in [0.15, 0.2) is 135 Å². The van der Waals surface area contributed by atoms with Crippen molar-refractivity contribution in [2.75, 3.05) is 12.5 Å². The summed E-state index contributed by atoms with van der Waals surface area (Å²) < 4.78 is 0. The molecule has 1 atom stereocenters. The molecule has 0 N–H and O–H groups in total. The topological polar surface area (TPSA) is 0 Å². The number of allylic oxidation sites excluding steroid dienone is 8. The highest BCUT2D eigenvalue weighted by molar-refractivity contribution is 8.39. The predicted octanol–water partition coefficient (Wildman–Crippen LogP) is 8.76. The molecule has 0 nitrogen and oxygen atoms in total. The molecule has 1 aliphatic heterocycles. The summed E-state index contributed by atoms with van der Waals surface area (Å²) >= 11 is 0. The number of hydrogen-bond donors (Lipinski definition) is 0. The van der Waals surface area contributed by atoms with Crippen LogP contribution in [0.1, 0.15) is 40.7 Å². The zero-order valence-corrected chi connectivity index (χ0v) is 22.0. The maximum absolute atomic E-state index is 3.92. The van der Waals surface area contributed by atoms with E-state index < -0.39 is 10.0 Å². The maximum atomic E-state index is 3.92. The van der Waals surface area contributed by atoms with E-state index in [1.807, 2.05) is 0 Å². The number of fused-ring (bicyclic) bond motifs is 4. The molecule has 36 heavy (non-hydrogen) atoms. The minimum atomic E-state index is -1.12. The van der Waals surface area contributed by atoms with Crippen molar-refractivity contribution in [2.45, 2.75) is 25.2 Å². The van der Waals surface area contributed by atoms with E-state index in [2.05, 4.69) is 128 Å². The average molecular weight is 483 g/mol. The molecule has 0 spiro atoms. The van der Waals surface area contributed by atoms with E-state index in [4.69, 9.17) is 0 Å². The highest BCUT2D eigenvalue weighted by atomic mass is 32.3. The second kappa shape index (κ2) is 7.74. The lowest BCUT2D eigenvalue weighted by molar-refractivity contribution is 0.768. The normalized spacial score (nSPS) is 23.9. The van der Waals surface area contributed by atoms with Gasteiger partial charge in [-0.15, -0.1) is 0 Å². The first kappa shape index (κ1) is 21.7. The van der Waals surface area contributed by atoms with Crippen LogP contribution in [0.4, 0.5) is 0 Å². The molecule has 3 aromatic carbocycles. The Morgan fingerprint density at radius 2 is 1.61 bits per heavy atom. The van der Waals surface area contributed by atoms with Gasteiger partial charge < -0.3 is 0 Å². The molecule has 176 valence electrons. The van der Waals surface area contributed by atoms with Crippen molar-refractivity contribution in [2.24, 2.45) is 0 Å². The maximum Gasteiger partial charge on any atom is 0.0714 e. The van der Waals surface area contributed by atoms with Gasteiger partial charge in [0.1, 0.15) is 0 Å². The molecule has 0 saturated carbocycles. The lowest BCUT2D eigenvalue weighted by Crippen LogP contribution is -2.29. The van der Waals surface area contributed by atoms with Gasteiger partial charge in [-0.1, -0.05) is 102 Å². The summed E-state index contributed by atoms with van der Waals surface area (Å²) in [6.45, 7) is 2.21. The fourth-order valence-electron chi connectivity index (χ4n) is 6.68. The number of rotatable bonds is 2. The third-order valence-corrected chi connectivity index (χ3v) is 11.3. The Morgan fingerprint density at radius 3 is 2.44 bits per heavy atom. The summed E-state index contributed by atoms with van der Waals surface area (Å²) in [5.41, 5.74) is 15.6. The van der Waals surface area contributed by atoms with E-state index >= 15 is 0 Å². The summed E-state index contributed by atoms with van der Waals surface area (Å²) in [6.07, 6.45) is 16.9. The van der Waals surface area contributed by atoms with E-state index in [9.17, 15) is 0 Å². The summed E-state index contributed by atoms with van der Waals surface area (Å²) in [5.74, 6) is 0. The van der Waals surface area contributed by atoms with E-state index in [1.165, 1.54) is 55.0 Å². The van der Waals surface area contributed by atoms with Crippen molar-refractivity contribution in [3.05, 3.63) is 163 Å². The minimum Gasteiger partial charge on any atom is -0.190 e. The molecule has 3 aliphatic carbocycles. The molecule has 0 radical (unpaired) electrons. The Labute approximate surface area is 216 Å². The SMILES string of the molecule is Cc1cccc(C2(c3ccccc3)C3=CC4=C=C(C=C3c3ccccc32)C2=C(CCC=C2)S4(C)C)c1. The van der Waals surface area contributed by atoms with Gasteiger partial charge in [0.2, 0.25) is 0 Å². The van der Waals surface area contributed by atoms with Crippen molar-refractivity contribution >= 4 is 15.6 Å². The van der Waals surface area contributed by atoms with E-state index in [0.29, 0.717) is 0 Å². The molecule has 0 aromatic heterocycles. The van der Waals surface area contributed by atoms with Crippen LogP contribution in [0.5, 0.6) is 0 Å². The molecule has 1 heteroatoms. The van der Waals surface area contributed by atoms with Crippen LogP contribution in [0.2, 0.25) is 0 Å². The van der Waals surface area contributed by atoms with Crippen LogP contribution in [-0.4, -0.2) is 12.5 Å². The Hall–Kier alpha value is -3.51. The van der Waals surface area contributed by atoms with Gasteiger partial charge in [-0.05, 0) is 88.3 Å². The van der Waals surface area contributed by atoms with Gasteiger partial charge in [-0.2, -0.15) is 10.0 Å². The molecular weight excluding hydrogens is 452 g/mol. The molecule has 0 saturated heterocycles. The van der Waals surface area contributed by atoms with Crippen LogP contribution in [0.3, 0.4) is 0 Å². The summed E-state index contributed by atoms with van der Waals surface area (Å²) in [4.78, 5) is 3.02. The first-order valence-corrected chi connectivity index (χ1v) is 15.3. The van der Waals surface area contributed by atoms with Crippen LogP contribution in [-0.2, 0) is 5.41 Å². The first-order chi connectivity index (χ1) is 17.5. The fraction of sp³-hybridized carbons (Fsp3) is 0.171. The smallest absolute Gasteiger partial charge is 0.0714 e. The van der Waals surface area contributed by atoms with Crippen LogP contribution in [0.25, 0.3) is 5.57 Å². The Kier molecular flexibility index (Phi) is 4.68. The monoisotopic (exact) mass is 482 g/mol. The van der Waals surface area contributed by atoms with Gasteiger partial charge in [-0.3, -0.25) is 0 Å². The molecule has 0 fully saturated rings. The van der Waals surface area contributed by atoms with Gasteiger partial charge in [-0.25, -0.2) is 0 Å². The van der Waals surface area contributed by atoms with Crippen molar-refractivity contribution in [3.8, 4) is 0 Å². The molecule has 2 bridgehead atoms. The van der Waals surface area contributed by atoms with Gasteiger partial charge in [0.05, 0.1) is 5.41 Å². The average Bonchev–Trinajstić information content (AvgIpc) is 3.03. The highest BCUT2D eigenvalue weighted by Crippen LogP contribution is 2.66. The van der Waals surface area contributed by atoms with Crippen molar-refractivity contribution in [3.63, 3.8) is 0 Å². The van der Waals surface area contributed by atoms with Crippen molar-refractivity contribution < 1.29 is 0 Å². The number of hydrogen-bond acceptors (Lipinski definition) is 0. The summed E-state index contributed by atoms with van der Waals surface area (Å²) in [7, 11) is -1.12. The first-order valence-electron chi connectivity index (χ1n) is 12.8. The zero-order valence-electron chi connectivity index (χ0n) is 21.1. The highest BCUT2D eigenvalue weighted by Gasteiger charge is 2.49. The Morgan fingerprint density at radius 1 is 0.833 bits per heavy atom. The number of aryl methyl sites for hydroxylation is 1. The van der Waals surface area contributed by atoms with Crippen molar-refractivity contribution in [1.29, 1.82) is 0 Å². The molecule has 0 amide bonds. The fourth-order valence-corrected chi connectivity index (χ4v) is 9.08. The lowest BCUT2D eigenvalue weighted by Gasteiger charge is -2.40. The van der Waals surface area contributed by atoms with Crippen LogP contribution >= 0.6 is 10.0 Å². The summed E-state index contributed by atoms with van der Waals surface area (Å²) in [5, 5.41) is 0. The largest absolute Gasteiger partial charge is 0.190 e. The quantitative estimate of drug-likeness (QED) is 0.320. The van der Waals surface area contributed by atoms with Gasteiger partial charge in [0.25, 0.3) is 0 Å². The summed E-state index contributed by atoms with van der Waals surface area (Å²) in [6, 6.07) is 29.3. The third-order valence-electron chi connectivity index (χ3n) is 8.37. The molecule has 7 rings (SSSR count). The van der Waals surface area contributed by atoms with Gasteiger partial charge in [0.15, 0.2) is 0 Å². The number of benzene rings is 3. The molecule has 4 aliphatic rings. The van der Waals surface area contributed by atoms with Gasteiger partial charge >= 0.3 is 0 Å². The second-order valence-corrected chi connectivity index (χ2v) is 14.2. The molecule has 1 unspecified atom stereocenters. The third kappa shape index (κ3) is 2.85.